The molecule has 0 unspecified atom stereocenters. The summed E-state index contributed by atoms with van der Waals surface area (Å²) in [6.45, 7) is 0.778. The second-order valence-electron chi connectivity index (χ2n) is 5.88. The van der Waals surface area contributed by atoms with Crippen LogP contribution in [0.3, 0.4) is 0 Å². The van der Waals surface area contributed by atoms with Gasteiger partial charge in [-0.1, -0.05) is 18.2 Å². The second kappa shape index (κ2) is 7.06. The van der Waals surface area contributed by atoms with E-state index >= 15 is 0 Å². The van der Waals surface area contributed by atoms with Gasteiger partial charge < -0.3 is 9.88 Å². The van der Waals surface area contributed by atoms with Crippen LogP contribution in [0, 0.1) is 0 Å². The lowest BCUT2D eigenvalue weighted by atomic mass is 10.1. The molecule has 6 heteroatoms. The lowest BCUT2D eigenvalue weighted by molar-refractivity contribution is 0.102. The van der Waals surface area contributed by atoms with E-state index in [-0.39, 0.29) is 5.91 Å². The molecule has 128 valence electrons. The molecule has 26 heavy (non-hydrogen) atoms. The predicted molar refractivity (Wildman–Crippen MR) is 99.7 cm³/mol. The smallest absolute Gasteiger partial charge is 0.255 e. The Balaban J connectivity index is 1.48. The highest BCUT2D eigenvalue weighted by Gasteiger charge is 2.13. The fourth-order valence-electron chi connectivity index (χ4n) is 2.73. The van der Waals surface area contributed by atoms with E-state index in [0.717, 1.165) is 17.8 Å². The number of H-pyrrole nitrogens is 1. The Bertz CT molecular complexity index is 988. The number of aromatic nitrogens is 4. The molecule has 1 amide bonds. The maximum atomic E-state index is 12.5. The van der Waals surface area contributed by atoms with Gasteiger partial charge in [0, 0.05) is 30.7 Å². The number of rotatable bonds is 5. The molecule has 0 aliphatic heterocycles. The average molecular weight is 343 g/mol. The van der Waals surface area contributed by atoms with Crippen LogP contribution in [-0.4, -0.2) is 25.7 Å². The van der Waals surface area contributed by atoms with E-state index in [9.17, 15) is 4.79 Å². The number of carbonyl (C=O) groups excluding carboxylic acids is 1. The minimum atomic E-state index is -0.184. The SMILES string of the molecule is O=C(Nc1cn[nH]c1-c1ccccn1)c1ccc(Cn2cccc2)cc1. The number of hydrogen-bond donors (Lipinski definition) is 2. The molecule has 3 heterocycles. The van der Waals surface area contributed by atoms with Crippen LogP contribution in [0.2, 0.25) is 0 Å². The van der Waals surface area contributed by atoms with Crippen LogP contribution in [0.4, 0.5) is 5.69 Å². The molecule has 0 spiro atoms. The lowest BCUT2D eigenvalue weighted by Crippen LogP contribution is -2.12. The molecule has 0 radical (unpaired) electrons. The Morgan fingerprint density at radius 3 is 2.58 bits per heavy atom. The summed E-state index contributed by atoms with van der Waals surface area (Å²) in [6, 6.07) is 17.2. The molecule has 3 aromatic heterocycles. The van der Waals surface area contributed by atoms with Crippen molar-refractivity contribution in [3.05, 3.63) is 90.5 Å². The van der Waals surface area contributed by atoms with Crippen molar-refractivity contribution in [1.29, 1.82) is 0 Å². The van der Waals surface area contributed by atoms with Crippen LogP contribution in [-0.2, 0) is 6.54 Å². The third-order valence-electron chi connectivity index (χ3n) is 4.06. The zero-order chi connectivity index (χ0) is 17.8. The summed E-state index contributed by atoms with van der Waals surface area (Å²) in [6.07, 6.45) is 7.31. The van der Waals surface area contributed by atoms with Gasteiger partial charge in [-0.25, -0.2) is 0 Å². The molecule has 6 nitrogen and oxygen atoms in total. The van der Waals surface area contributed by atoms with Gasteiger partial charge in [-0.2, -0.15) is 5.10 Å². The molecule has 0 bridgehead atoms. The number of nitrogens with zero attached hydrogens (tertiary/aromatic N) is 3. The van der Waals surface area contributed by atoms with Gasteiger partial charge in [-0.15, -0.1) is 0 Å². The minimum Gasteiger partial charge on any atom is -0.350 e. The Hall–Kier alpha value is -3.67. The Labute approximate surface area is 150 Å². The van der Waals surface area contributed by atoms with E-state index in [0.29, 0.717) is 16.9 Å². The van der Waals surface area contributed by atoms with Gasteiger partial charge in [-0.3, -0.25) is 14.9 Å². The molecule has 4 aromatic rings. The summed E-state index contributed by atoms with van der Waals surface area (Å²) in [4.78, 5) is 16.8. The van der Waals surface area contributed by atoms with Gasteiger partial charge in [0.15, 0.2) is 0 Å². The largest absolute Gasteiger partial charge is 0.350 e. The zero-order valence-electron chi connectivity index (χ0n) is 14.0. The third-order valence-corrected chi connectivity index (χ3v) is 4.06. The molecule has 0 saturated carbocycles. The van der Waals surface area contributed by atoms with Crippen LogP contribution in [0.15, 0.2) is 79.4 Å². The maximum Gasteiger partial charge on any atom is 0.255 e. The molecular weight excluding hydrogens is 326 g/mol. The summed E-state index contributed by atoms with van der Waals surface area (Å²) in [7, 11) is 0. The summed E-state index contributed by atoms with van der Waals surface area (Å²) in [5.74, 6) is -0.184. The number of carbonyl (C=O) groups is 1. The Kier molecular flexibility index (Phi) is 4.30. The van der Waals surface area contributed by atoms with Crippen LogP contribution in [0.5, 0.6) is 0 Å². The molecule has 4 rings (SSSR count). The Morgan fingerprint density at radius 2 is 1.85 bits per heavy atom. The molecule has 0 atom stereocenters. The second-order valence-corrected chi connectivity index (χ2v) is 5.88. The number of amides is 1. The number of pyridine rings is 1. The summed E-state index contributed by atoms with van der Waals surface area (Å²) in [5, 5.41) is 9.79. The standard InChI is InChI=1S/C20H17N5O/c26-20(16-8-6-15(7-9-16)14-25-11-3-4-12-25)23-18-13-22-24-19(18)17-5-1-2-10-21-17/h1-13H,14H2,(H,22,24)(H,23,26). The first-order valence-corrected chi connectivity index (χ1v) is 8.25. The topological polar surface area (TPSA) is 75.6 Å². The van der Waals surface area contributed by atoms with E-state index in [4.69, 9.17) is 0 Å². The number of aromatic amines is 1. The van der Waals surface area contributed by atoms with Crippen molar-refractivity contribution in [2.45, 2.75) is 6.54 Å². The first-order valence-electron chi connectivity index (χ1n) is 8.25. The predicted octanol–water partition coefficient (Wildman–Crippen LogP) is 3.57. The van der Waals surface area contributed by atoms with Crippen molar-refractivity contribution in [2.75, 3.05) is 5.32 Å². The molecule has 2 N–H and O–H groups in total. The van der Waals surface area contributed by atoms with E-state index < -0.39 is 0 Å². The highest BCUT2D eigenvalue weighted by molar-refractivity contribution is 6.05. The van der Waals surface area contributed by atoms with Gasteiger partial charge in [0.2, 0.25) is 0 Å². The summed E-state index contributed by atoms with van der Waals surface area (Å²) in [5.41, 5.74) is 3.74. The van der Waals surface area contributed by atoms with Crippen molar-refractivity contribution in [1.82, 2.24) is 19.7 Å². The third kappa shape index (κ3) is 3.39. The van der Waals surface area contributed by atoms with Crippen molar-refractivity contribution < 1.29 is 4.79 Å². The monoisotopic (exact) mass is 343 g/mol. The van der Waals surface area contributed by atoms with Gasteiger partial charge in [-0.05, 0) is 42.0 Å². The quantitative estimate of drug-likeness (QED) is 0.582. The number of nitrogens with one attached hydrogen (secondary N) is 2. The first-order chi connectivity index (χ1) is 12.8. The highest BCUT2D eigenvalue weighted by atomic mass is 16.1. The number of anilines is 1. The van der Waals surface area contributed by atoms with Crippen LogP contribution >= 0.6 is 0 Å². The van der Waals surface area contributed by atoms with Crippen molar-refractivity contribution in [3.8, 4) is 11.4 Å². The van der Waals surface area contributed by atoms with Crippen LogP contribution in [0.1, 0.15) is 15.9 Å². The fraction of sp³-hybridized carbons (Fsp3) is 0.0500. The van der Waals surface area contributed by atoms with Crippen LogP contribution < -0.4 is 5.32 Å². The highest BCUT2D eigenvalue weighted by Crippen LogP contribution is 2.23. The van der Waals surface area contributed by atoms with Crippen LogP contribution in [0.25, 0.3) is 11.4 Å². The Morgan fingerprint density at radius 1 is 1.04 bits per heavy atom. The normalized spacial score (nSPS) is 10.6. The van der Waals surface area contributed by atoms with E-state index in [1.165, 1.54) is 0 Å². The van der Waals surface area contributed by atoms with Crippen molar-refractivity contribution in [2.24, 2.45) is 0 Å². The fourth-order valence-corrected chi connectivity index (χ4v) is 2.73. The molecule has 0 aliphatic rings. The first kappa shape index (κ1) is 15.8. The van der Waals surface area contributed by atoms with Gasteiger partial charge in [0.1, 0.15) is 5.69 Å². The number of benzene rings is 1. The van der Waals surface area contributed by atoms with E-state index in [2.05, 4.69) is 25.1 Å². The van der Waals surface area contributed by atoms with Crippen molar-refractivity contribution >= 4 is 11.6 Å². The van der Waals surface area contributed by atoms with Gasteiger partial charge >= 0.3 is 0 Å². The van der Waals surface area contributed by atoms with E-state index in [1.807, 2.05) is 67.0 Å². The molecule has 1 aromatic carbocycles. The van der Waals surface area contributed by atoms with Crippen molar-refractivity contribution in [3.63, 3.8) is 0 Å². The lowest BCUT2D eigenvalue weighted by Gasteiger charge is -2.07. The van der Waals surface area contributed by atoms with E-state index in [1.54, 1.807) is 12.4 Å². The van der Waals surface area contributed by atoms with Gasteiger partial charge in [0.25, 0.3) is 5.91 Å². The molecule has 0 aliphatic carbocycles. The zero-order valence-corrected chi connectivity index (χ0v) is 14.0. The summed E-state index contributed by atoms with van der Waals surface area (Å²) < 4.78 is 2.08. The molecular formula is C20H17N5O. The van der Waals surface area contributed by atoms with Gasteiger partial charge in [0.05, 0.1) is 17.6 Å². The summed E-state index contributed by atoms with van der Waals surface area (Å²) >= 11 is 0. The number of hydrogen-bond acceptors (Lipinski definition) is 3. The molecule has 0 fully saturated rings. The maximum absolute atomic E-state index is 12.5. The minimum absolute atomic E-state index is 0.184. The average Bonchev–Trinajstić information content (AvgIpc) is 3.35. The molecule has 0 saturated heterocycles.